The van der Waals surface area contributed by atoms with Gasteiger partial charge < -0.3 is 9.97 Å². The Bertz CT molecular complexity index is 1770. The second-order valence-electron chi connectivity index (χ2n) is 12.2. The van der Waals surface area contributed by atoms with Crippen molar-refractivity contribution in [3.63, 3.8) is 0 Å². The summed E-state index contributed by atoms with van der Waals surface area (Å²) < 4.78 is 0. The average Bonchev–Trinajstić information content (AvgIpc) is 3.68. The fourth-order valence-corrected chi connectivity index (χ4v) is 5.94. The number of hydrogen-bond acceptors (Lipinski definition) is 2. The average molecular weight is 638 g/mol. The maximum atomic E-state index is 4.76. The molecule has 0 aliphatic carbocycles. The molecular weight excluding hydrogens is 595 g/mol. The summed E-state index contributed by atoms with van der Waals surface area (Å²) >= 11 is 0. The van der Waals surface area contributed by atoms with Gasteiger partial charge in [0.15, 0.2) is 0 Å². The third-order valence-corrected chi connectivity index (χ3v) is 7.98. The Hall–Kier alpha value is -4.19. The summed E-state index contributed by atoms with van der Waals surface area (Å²) in [7, 11) is 0. The van der Waals surface area contributed by atoms with Crippen LogP contribution in [0.25, 0.3) is 11.1 Å². The molecule has 0 atom stereocenters. The van der Waals surface area contributed by atoms with Crippen molar-refractivity contribution >= 4 is 22.6 Å². The summed E-state index contributed by atoms with van der Waals surface area (Å²) in [5, 5.41) is 0. The third-order valence-electron chi connectivity index (χ3n) is 7.98. The van der Waals surface area contributed by atoms with Crippen LogP contribution in [0.4, 0.5) is 0 Å². The number of rotatable bonds is 4. The Balaban J connectivity index is 0.000000200. The Labute approximate surface area is 279 Å². The number of allylic oxidation sites excluding steroid dienone is 4. The molecule has 0 unspecified atom stereocenters. The number of hydrogen-bond donors (Lipinski definition) is 0. The van der Waals surface area contributed by atoms with E-state index < -0.39 is 0 Å². The number of benzene rings is 2. The summed E-state index contributed by atoms with van der Waals surface area (Å²) in [4.78, 5) is 19.0. The number of nitrogens with zero attached hydrogens (tertiary/aromatic N) is 4. The van der Waals surface area contributed by atoms with E-state index in [-0.39, 0.29) is 16.8 Å². The third kappa shape index (κ3) is 7.38. The van der Waals surface area contributed by atoms with Crippen LogP contribution < -0.4 is 9.97 Å². The molecule has 4 heterocycles. The molecular formula is C40H42CoN4. The molecule has 0 bridgehead atoms. The monoisotopic (exact) mass is 637 g/mol. The van der Waals surface area contributed by atoms with Crippen molar-refractivity contribution in [2.24, 2.45) is 9.98 Å². The first-order valence-electron chi connectivity index (χ1n) is 15.2. The summed E-state index contributed by atoms with van der Waals surface area (Å²) in [5.74, 6) is 0. The van der Waals surface area contributed by atoms with Crippen LogP contribution in [0.3, 0.4) is 0 Å². The van der Waals surface area contributed by atoms with Crippen molar-refractivity contribution in [3.05, 3.63) is 152 Å². The van der Waals surface area contributed by atoms with Crippen LogP contribution in [0.5, 0.6) is 0 Å². The Kier molecular flexibility index (Phi) is 10.4. The SMILES string of the molecule is CC1=CC(C)=N/C1=C(/c1ccc(C)cc1)c1[n-]c(C)cc1C.CC1=CC(C)=N/C1=C(/c1ccc(C)cc1)c1[n-]c(C)cc1C.[Co+2]. The quantitative estimate of drug-likeness (QED) is 0.224. The molecule has 0 N–H and O–H groups in total. The molecule has 2 aliphatic heterocycles. The molecule has 4 nitrogen and oxygen atoms in total. The minimum atomic E-state index is 0. The molecule has 0 fully saturated rings. The topological polar surface area (TPSA) is 52.9 Å². The summed E-state index contributed by atoms with van der Waals surface area (Å²) in [5.41, 5.74) is 20.3. The van der Waals surface area contributed by atoms with Crippen LogP contribution in [-0.2, 0) is 16.8 Å². The molecule has 0 saturated carbocycles. The minimum Gasteiger partial charge on any atom is -0.661 e. The standard InChI is InChI=1S/2C20H21N2.Co/c2*1-12-6-8-17(9-7-12)18(19-13(2)10-15(4)21-19)20-14(3)11-16(5)22-20;/h2*6-11H,1-5H3;/q2*-1;+2/b2*19-18-;. The maximum absolute atomic E-state index is 4.76. The van der Waals surface area contributed by atoms with Crippen LogP contribution >= 0.6 is 0 Å². The summed E-state index contributed by atoms with van der Waals surface area (Å²) in [6.45, 7) is 20.9. The molecule has 5 heteroatoms. The maximum Gasteiger partial charge on any atom is 2.00 e. The van der Waals surface area contributed by atoms with Crippen molar-refractivity contribution in [1.82, 2.24) is 9.97 Å². The van der Waals surface area contributed by atoms with Crippen LogP contribution in [0.2, 0.25) is 0 Å². The fourth-order valence-electron chi connectivity index (χ4n) is 5.94. The smallest absolute Gasteiger partial charge is 0.661 e. The molecule has 1 radical (unpaired) electrons. The number of aliphatic imine (C=N–C) groups is 2. The molecule has 0 spiro atoms. The van der Waals surface area contributed by atoms with Crippen LogP contribution in [-0.4, -0.2) is 11.4 Å². The van der Waals surface area contributed by atoms with Gasteiger partial charge in [-0.2, -0.15) is 11.4 Å². The first-order chi connectivity index (χ1) is 20.9. The van der Waals surface area contributed by atoms with E-state index in [1.54, 1.807) is 0 Å². The molecule has 6 rings (SSSR count). The van der Waals surface area contributed by atoms with E-state index in [1.807, 2.05) is 27.7 Å². The molecule has 4 aromatic rings. The predicted octanol–water partition coefficient (Wildman–Crippen LogP) is 9.50. The van der Waals surface area contributed by atoms with Gasteiger partial charge in [-0.25, -0.2) is 0 Å². The van der Waals surface area contributed by atoms with Crippen LogP contribution in [0.15, 0.2) is 105 Å². The van der Waals surface area contributed by atoms with Crippen molar-refractivity contribution < 1.29 is 16.8 Å². The van der Waals surface area contributed by atoms with Gasteiger partial charge in [-0.3, -0.25) is 9.98 Å². The molecule has 231 valence electrons. The van der Waals surface area contributed by atoms with E-state index in [0.29, 0.717) is 0 Å². The number of aromatic nitrogens is 2. The Morgan fingerprint density at radius 2 is 0.822 bits per heavy atom. The van der Waals surface area contributed by atoms with Gasteiger partial charge in [0.1, 0.15) is 0 Å². The van der Waals surface area contributed by atoms with Gasteiger partial charge in [0.25, 0.3) is 0 Å². The van der Waals surface area contributed by atoms with E-state index in [0.717, 1.165) is 56.7 Å². The van der Waals surface area contributed by atoms with Gasteiger partial charge in [-0.15, -0.1) is 11.4 Å². The van der Waals surface area contributed by atoms with E-state index in [9.17, 15) is 0 Å². The fraction of sp³-hybridized carbons (Fsp3) is 0.250. The van der Waals surface area contributed by atoms with E-state index in [2.05, 4.69) is 114 Å². The van der Waals surface area contributed by atoms with Gasteiger partial charge in [-0.1, -0.05) is 96.8 Å². The van der Waals surface area contributed by atoms with Crippen LogP contribution in [0, 0.1) is 41.5 Å². The molecule has 0 amide bonds. The number of aryl methyl sites for hydroxylation is 6. The van der Waals surface area contributed by atoms with Gasteiger partial charge in [0.2, 0.25) is 0 Å². The summed E-state index contributed by atoms with van der Waals surface area (Å²) in [6.07, 6.45) is 4.27. The Morgan fingerprint density at radius 3 is 1.07 bits per heavy atom. The first kappa shape index (κ1) is 33.7. The normalized spacial score (nSPS) is 16.2. The van der Waals surface area contributed by atoms with Crippen molar-refractivity contribution in [3.8, 4) is 0 Å². The zero-order chi connectivity index (χ0) is 31.7. The van der Waals surface area contributed by atoms with E-state index in [4.69, 9.17) is 20.0 Å². The minimum absolute atomic E-state index is 0. The summed E-state index contributed by atoms with van der Waals surface area (Å²) in [6, 6.07) is 21.5. The predicted molar refractivity (Wildman–Crippen MR) is 187 cm³/mol. The second-order valence-corrected chi connectivity index (χ2v) is 12.2. The largest absolute Gasteiger partial charge is 2.00 e. The first-order valence-corrected chi connectivity index (χ1v) is 15.2. The second kappa shape index (κ2) is 13.8. The molecule has 2 aliphatic rings. The molecule has 45 heavy (non-hydrogen) atoms. The van der Waals surface area contributed by atoms with Gasteiger partial charge in [0.05, 0.1) is 11.4 Å². The van der Waals surface area contributed by atoms with Crippen LogP contribution in [0.1, 0.15) is 83.9 Å². The molecule has 2 aromatic heterocycles. The zero-order valence-corrected chi connectivity index (χ0v) is 29.1. The van der Waals surface area contributed by atoms with E-state index in [1.165, 1.54) is 44.5 Å². The van der Waals surface area contributed by atoms with Crippen molar-refractivity contribution in [2.45, 2.75) is 69.2 Å². The zero-order valence-electron chi connectivity index (χ0n) is 28.1. The molecule has 2 aromatic carbocycles. The van der Waals surface area contributed by atoms with Gasteiger partial charge >= 0.3 is 16.8 Å². The van der Waals surface area contributed by atoms with Gasteiger partial charge in [-0.05, 0) is 101 Å². The molecule has 0 saturated heterocycles. The Morgan fingerprint density at radius 1 is 0.489 bits per heavy atom. The van der Waals surface area contributed by atoms with Crippen molar-refractivity contribution in [2.75, 3.05) is 0 Å². The van der Waals surface area contributed by atoms with Crippen molar-refractivity contribution in [1.29, 1.82) is 0 Å². The van der Waals surface area contributed by atoms with E-state index >= 15 is 0 Å². The van der Waals surface area contributed by atoms with Gasteiger partial charge in [0, 0.05) is 11.4 Å².